The molecule has 0 saturated heterocycles. The molecule has 3 heterocycles. The maximum atomic E-state index is 13.5. The van der Waals surface area contributed by atoms with Gasteiger partial charge >= 0.3 is 5.69 Å². The Morgan fingerprint density at radius 2 is 1.55 bits per heavy atom. The zero-order chi connectivity index (χ0) is 20.7. The second kappa shape index (κ2) is 7.39. The van der Waals surface area contributed by atoms with E-state index in [1.807, 2.05) is 12.1 Å². The van der Waals surface area contributed by atoms with Gasteiger partial charge in [0.05, 0.1) is 23.2 Å². The van der Waals surface area contributed by atoms with Gasteiger partial charge in [0, 0.05) is 7.05 Å². The summed E-state index contributed by atoms with van der Waals surface area (Å²) in [4.78, 5) is 39.7. The van der Waals surface area contributed by atoms with Gasteiger partial charge in [0.1, 0.15) is 16.8 Å². The highest BCUT2D eigenvalue weighted by Gasteiger charge is 2.26. The topological polar surface area (TPSA) is 74.2 Å². The van der Waals surface area contributed by atoms with Gasteiger partial charge in [0.25, 0.3) is 11.1 Å². The summed E-state index contributed by atoms with van der Waals surface area (Å²) >= 11 is 0. The van der Waals surface area contributed by atoms with Gasteiger partial charge in [-0.25, -0.2) is 9.20 Å². The Bertz CT molecular complexity index is 1380. The number of fused-ring (bicyclic) bond motifs is 3. The van der Waals surface area contributed by atoms with E-state index in [0.29, 0.717) is 46.4 Å². The molecule has 4 aromatic rings. The Morgan fingerprint density at radius 3 is 2.21 bits per heavy atom. The average Bonchev–Trinajstić information content (AvgIpc) is 3.07. The van der Waals surface area contributed by atoms with Crippen molar-refractivity contribution in [1.29, 1.82) is 0 Å². The summed E-state index contributed by atoms with van der Waals surface area (Å²) in [5, 5.41) is 0.296. The summed E-state index contributed by atoms with van der Waals surface area (Å²) < 4.78 is 10.1. The molecular formula is C22H25N3O4. The molecule has 0 aliphatic carbocycles. The number of ether oxygens (including phenoxy) is 1. The van der Waals surface area contributed by atoms with Crippen LogP contribution in [0.4, 0.5) is 0 Å². The van der Waals surface area contributed by atoms with Crippen molar-refractivity contribution in [3.63, 3.8) is 0 Å². The standard InChI is InChI=1S/C22H25N3O4/c1-4-6-10-14-18(29-13-7-5-2)17-19-24(20(14)26)15-11-8-9-12-16(15)25(19)22(28)23(3)21(17)27/h8-9,11-12H,4-7,10,13H2,1-3H3. The molecule has 0 spiro atoms. The zero-order valence-corrected chi connectivity index (χ0v) is 17.0. The molecule has 4 rings (SSSR count). The molecule has 29 heavy (non-hydrogen) atoms. The number of unbranched alkanes of at least 4 members (excludes halogenated alkanes) is 2. The summed E-state index contributed by atoms with van der Waals surface area (Å²) in [6.07, 6.45) is 4.01. The Balaban J connectivity index is 2.26. The summed E-state index contributed by atoms with van der Waals surface area (Å²) in [7, 11) is 1.46. The smallest absolute Gasteiger partial charge is 0.337 e. The first-order valence-electron chi connectivity index (χ1n) is 10.2. The van der Waals surface area contributed by atoms with Gasteiger partial charge in [-0.2, -0.15) is 0 Å². The highest BCUT2D eigenvalue weighted by atomic mass is 16.5. The van der Waals surface area contributed by atoms with Crippen LogP contribution in [-0.4, -0.2) is 20.0 Å². The summed E-state index contributed by atoms with van der Waals surface area (Å²) in [5.41, 5.74) is 0.896. The minimum atomic E-state index is -0.471. The van der Waals surface area contributed by atoms with Crippen LogP contribution in [0.1, 0.15) is 45.1 Å². The van der Waals surface area contributed by atoms with Gasteiger partial charge in [-0.3, -0.25) is 18.6 Å². The lowest BCUT2D eigenvalue weighted by atomic mass is 10.1. The van der Waals surface area contributed by atoms with Crippen LogP contribution in [0.15, 0.2) is 38.6 Å². The van der Waals surface area contributed by atoms with Crippen molar-refractivity contribution >= 4 is 22.1 Å². The van der Waals surface area contributed by atoms with Crippen molar-refractivity contribution < 1.29 is 4.74 Å². The lowest BCUT2D eigenvalue weighted by Crippen LogP contribution is -2.37. The van der Waals surface area contributed by atoms with Crippen LogP contribution < -0.4 is 21.5 Å². The van der Waals surface area contributed by atoms with E-state index in [2.05, 4.69) is 13.8 Å². The Morgan fingerprint density at radius 1 is 0.897 bits per heavy atom. The van der Waals surface area contributed by atoms with Crippen molar-refractivity contribution in [3.05, 3.63) is 61.0 Å². The summed E-state index contributed by atoms with van der Waals surface area (Å²) in [6.45, 7) is 4.53. The fourth-order valence-corrected chi connectivity index (χ4v) is 3.93. The van der Waals surface area contributed by atoms with E-state index >= 15 is 0 Å². The molecule has 0 unspecified atom stereocenters. The van der Waals surface area contributed by atoms with Crippen LogP contribution in [-0.2, 0) is 13.5 Å². The number of nitrogens with zero attached hydrogens (tertiary/aromatic N) is 3. The lowest BCUT2D eigenvalue weighted by Gasteiger charge is -2.15. The van der Waals surface area contributed by atoms with E-state index in [4.69, 9.17) is 4.74 Å². The van der Waals surface area contributed by atoms with Crippen molar-refractivity contribution in [2.24, 2.45) is 7.05 Å². The summed E-state index contributed by atoms with van der Waals surface area (Å²) in [5.74, 6) is 0.338. The Kier molecular flexibility index (Phi) is 4.90. The quantitative estimate of drug-likeness (QED) is 0.451. The number of imidazole rings is 1. The molecule has 0 aliphatic heterocycles. The molecule has 7 heteroatoms. The van der Waals surface area contributed by atoms with Crippen molar-refractivity contribution in [2.75, 3.05) is 6.61 Å². The molecule has 0 fully saturated rings. The van der Waals surface area contributed by atoms with E-state index in [1.165, 1.54) is 15.8 Å². The Labute approximate surface area is 167 Å². The molecule has 1 aromatic carbocycles. The first-order valence-corrected chi connectivity index (χ1v) is 10.2. The molecule has 7 nitrogen and oxygen atoms in total. The van der Waals surface area contributed by atoms with Crippen LogP contribution in [0.3, 0.4) is 0 Å². The number of aromatic nitrogens is 3. The summed E-state index contributed by atoms with van der Waals surface area (Å²) in [6, 6.07) is 7.23. The van der Waals surface area contributed by atoms with E-state index in [-0.39, 0.29) is 5.56 Å². The molecule has 0 amide bonds. The molecular weight excluding hydrogens is 370 g/mol. The molecule has 0 N–H and O–H groups in total. The molecule has 0 radical (unpaired) electrons. The van der Waals surface area contributed by atoms with Crippen LogP contribution in [0.25, 0.3) is 22.1 Å². The molecule has 3 aromatic heterocycles. The normalized spacial score (nSPS) is 11.8. The molecule has 0 saturated carbocycles. The van der Waals surface area contributed by atoms with Crippen LogP contribution >= 0.6 is 0 Å². The number of rotatable bonds is 7. The largest absolute Gasteiger partial charge is 0.492 e. The third-order valence-electron chi connectivity index (χ3n) is 5.49. The molecule has 0 bridgehead atoms. The van der Waals surface area contributed by atoms with Gasteiger partial charge in [-0.15, -0.1) is 0 Å². The van der Waals surface area contributed by atoms with Crippen molar-refractivity contribution in [3.8, 4) is 5.75 Å². The van der Waals surface area contributed by atoms with Gasteiger partial charge in [-0.1, -0.05) is 38.8 Å². The molecule has 152 valence electrons. The van der Waals surface area contributed by atoms with Gasteiger partial charge in [0.2, 0.25) is 0 Å². The SMILES string of the molecule is CCCCOc1c(CCCC)c(=O)n2c3ccccc3n3c(=O)n(C)c(=O)c1c23. The van der Waals surface area contributed by atoms with Crippen LogP contribution in [0.2, 0.25) is 0 Å². The fourth-order valence-electron chi connectivity index (χ4n) is 3.93. The van der Waals surface area contributed by atoms with E-state index in [0.717, 1.165) is 30.3 Å². The lowest BCUT2D eigenvalue weighted by molar-refractivity contribution is 0.308. The van der Waals surface area contributed by atoms with E-state index in [9.17, 15) is 14.4 Å². The fraction of sp³-hybridized carbons (Fsp3) is 0.409. The number of pyridine rings is 1. The van der Waals surface area contributed by atoms with Crippen molar-refractivity contribution in [2.45, 2.75) is 46.0 Å². The van der Waals surface area contributed by atoms with Crippen molar-refractivity contribution in [1.82, 2.24) is 13.4 Å². The van der Waals surface area contributed by atoms with Crippen LogP contribution in [0, 0.1) is 0 Å². The maximum absolute atomic E-state index is 13.5. The molecule has 0 atom stereocenters. The van der Waals surface area contributed by atoms with Gasteiger partial charge in [0.15, 0.2) is 0 Å². The third kappa shape index (κ3) is 2.75. The number of hydrogen-bond donors (Lipinski definition) is 0. The predicted octanol–water partition coefficient (Wildman–Crippen LogP) is 2.72. The number of para-hydroxylation sites is 2. The van der Waals surface area contributed by atoms with E-state index in [1.54, 1.807) is 12.1 Å². The molecule has 0 aliphatic rings. The highest BCUT2D eigenvalue weighted by Crippen LogP contribution is 2.29. The van der Waals surface area contributed by atoms with E-state index < -0.39 is 11.2 Å². The van der Waals surface area contributed by atoms with Gasteiger partial charge < -0.3 is 4.74 Å². The second-order valence-electron chi connectivity index (χ2n) is 7.42. The number of benzene rings is 1. The second-order valence-corrected chi connectivity index (χ2v) is 7.42. The van der Waals surface area contributed by atoms with Gasteiger partial charge in [-0.05, 0) is 31.4 Å². The monoisotopic (exact) mass is 395 g/mol. The minimum Gasteiger partial charge on any atom is -0.492 e. The first kappa shape index (κ1) is 19.2. The minimum absolute atomic E-state index is 0.219. The zero-order valence-electron chi connectivity index (χ0n) is 17.0. The highest BCUT2D eigenvalue weighted by molar-refractivity contribution is 5.92. The maximum Gasteiger partial charge on any atom is 0.337 e. The number of hydrogen-bond acceptors (Lipinski definition) is 4. The first-order chi connectivity index (χ1) is 14.0. The van der Waals surface area contributed by atoms with Crippen LogP contribution in [0.5, 0.6) is 5.75 Å². The Hall–Kier alpha value is -3.09. The third-order valence-corrected chi connectivity index (χ3v) is 5.49. The predicted molar refractivity (Wildman–Crippen MR) is 114 cm³/mol. The average molecular weight is 395 g/mol.